The number of morpholine rings is 1. The number of hydrogen-bond donors (Lipinski definition) is 1. The summed E-state index contributed by atoms with van der Waals surface area (Å²) in [5.74, 6) is 0.973. The Morgan fingerprint density at radius 2 is 2.11 bits per heavy atom. The van der Waals surface area contributed by atoms with E-state index in [9.17, 15) is 4.79 Å². The Morgan fingerprint density at radius 3 is 2.78 bits per heavy atom. The molecule has 2 aromatic heterocycles. The molecule has 0 bridgehead atoms. The van der Waals surface area contributed by atoms with E-state index < -0.39 is 0 Å². The number of nitrogens with one attached hydrogen (secondary N) is 1. The summed E-state index contributed by atoms with van der Waals surface area (Å²) in [4.78, 5) is 19.0. The van der Waals surface area contributed by atoms with Gasteiger partial charge < -0.3 is 15.0 Å². The molecule has 27 heavy (non-hydrogen) atoms. The predicted molar refractivity (Wildman–Crippen MR) is 105 cm³/mol. The molecule has 1 unspecified atom stereocenters. The minimum Gasteiger partial charge on any atom is -0.378 e. The third-order valence-corrected chi connectivity index (χ3v) is 5.97. The maximum Gasteiger partial charge on any atom is 0.234 e. The summed E-state index contributed by atoms with van der Waals surface area (Å²) in [6, 6.07) is 3.81. The van der Waals surface area contributed by atoms with Crippen LogP contribution in [0.25, 0.3) is 0 Å². The fraction of sp³-hybridized carbons (Fsp3) is 0.556. The van der Waals surface area contributed by atoms with Crippen LogP contribution in [0.15, 0.2) is 29.7 Å². The Labute approximate surface area is 163 Å². The normalized spacial score (nSPS) is 15.8. The van der Waals surface area contributed by atoms with Gasteiger partial charge in [0.15, 0.2) is 5.16 Å². The maximum atomic E-state index is 12.7. The molecule has 1 atom stereocenters. The molecule has 8 nitrogen and oxygen atoms in total. The zero-order valence-corrected chi connectivity index (χ0v) is 16.8. The van der Waals surface area contributed by atoms with Gasteiger partial charge in [0.25, 0.3) is 0 Å². The fourth-order valence-electron chi connectivity index (χ4n) is 2.85. The van der Waals surface area contributed by atoms with Crippen LogP contribution in [0.3, 0.4) is 0 Å². The molecular weight excluding hydrogens is 364 g/mol. The lowest BCUT2D eigenvalue weighted by molar-refractivity contribution is -0.121. The third-order valence-electron chi connectivity index (χ3n) is 4.39. The second-order valence-corrected chi connectivity index (χ2v) is 7.91. The number of thioether (sulfide) groups is 1. The van der Waals surface area contributed by atoms with Crippen LogP contribution in [0.5, 0.6) is 0 Å². The van der Waals surface area contributed by atoms with Crippen molar-refractivity contribution in [1.29, 1.82) is 0 Å². The average Bonchev–Trinajstić information content (AvgIpc) is 3.05. The monoisotopic (exact) mass is 390 g/mol. The highest BCUT2D eigenvalue weighted by Crippen LogP contribution is 2.29. The molecular formula is C18H26N6O2S. The molecule has 9 heteroatoms. The van der Waals surface area contributed by atoms with E-state index in [-0.39, 0.29) is 17.1 Å². The summed E-state index contributed by atoms with van der Waals surface area (Å²) in [7, 11) is 1.94. The van der Waals surface area contributed by atoms with Crippen LogP contribution in [0.1, 0.15) is 19.4 Å². The first kappa shape index (κ1) is 19.6. The van der Waals surface area contributed by atoms with Crippen LogP contribution in [-0.4, -0.2) is 57.2 Å². The second kappa shape index (κ2) is 9.18. The van der Waals surface area contributed by atoms with Gasteiger partial charge in [0, 0.05) is 39.1 Å². The first-order valence-corrected chi connectivity index (χ1v) is 9.99. The topological polar surface area (TPSA) is 85.2 Å². The van der Waals surface area contributed by atoms with Crippen molar-refractivity contribution in [3.8, 4) is 0 Å². The summed E-state index contributed by atoms with van der Waals surface area (Å²) >= 11 is 1.46. The van der Waals surface area contributed by atoms with Gasteiger partial charge in [-0.1, -0.05) is 31.7 Å². The molecule has 1 saturated heterocycles. The number of anilines is 1. The maximum absolute atomic E-state index is 12.7. The molecule has 3 rings (SSSR count). The van der Waals surface area contributed by atoms with Crippen LogP contribution in [0, 0.1) is 5.92 Å². The highest BCUT2D eigenvalue weighted by Gasteiger charge is 2.27. The van der Waals surface area contributed by atoms with E-state index in [0.29, 0.717) is 19.8 Å². The molecule has 0 radical (unpaired) electrons. The van der Waals surface area contributed by atoms with Gasteiger partial charge in [0.1, 0.15) is 0 Å². The van der Waals surface area contributed by atoms with Gasteiger partial charge in [-0.3, -0.25) is 14.3 Å². The SMILES string of the molecule is CC(C)C(Sc1nnc(N2CCOCC2)n1C)C(=O)NCc1cccnc1. The molecule has 1 N–H and O–H groups in total. The minimum absolute atomic E-state index is 0.00484. The smallest absolute Gasteiger partial charge is 0.234 e. The second-order valence-electron chi connectivity index (χ2n) is 6.80. The lowest BCUT2D eigenvalue weighted by atomic mass is 10.1. The summed E-state index contributed by atoms with van der Waals surface area (Å²) in [5, 5.41) is 12.1. The zero-order chi connectivity index (χ0) is 19.2. The van der Waals surface area contributed by atoms with E-state index in [1.54, 1.807) is 12.4 Å². The standard InChI is InChI=1S/C18H26N6O2S/c1-13(2)15(16(25)20-12-14-5-4-6-19-11-14)27-18-22-21-17(23(18)3)24-7-9-26-10-8-24/h4-6,11,13,15H,7-10,12H2,1-3H3,(H,20,25). The van der Waals surface area contributed by atoms with Crippen molar-refractivity contribution in [1.82, 2.24) is 25.1 Å². The lowest BCUT2D eigenvalue weighted by Crippen LogP contribution is -2.38. The molecule has 0 aliphatic carbocycles. The number of pyridine rings is 1. The first-order chi connectivity index (χ1) is 13.1. The summed E-state index contributed by atoms with van der Waals surface area (Å²) in [6.07, 6.45) is 3.48. The lowest BCUT2D eigenvalue weighted by Gasteiger charge is -2.27. The number of carbonyl (C=O) groups excluding carboxylic acids is 1. The molecule has 2 aromatic rings. The summed E-state index contributed by atoms with van der Waals surface area (Å²) in [6.45, 7) is 7.54. The summed E-state index contributed by atoms with van der Waals surface area (Å²) in [5.41, 5.74) is 0.978. The van der Waals surface area contributed by atoms with Gasteiger partial charge in [-0.15, -0.1) is 10.2 Å². The van der Waals surface area contributed by atoms with Crippen molar-refractivity contribution < 1.29 is 9.53 Å². The van der Waals surface area contributed by atoms with Crippen molar-refractivity contribution in [3.05, 3.63) is 30.1 Å². The van der Waals surface area contributed by atoms with Crippen LogP contribution < -0.4 is 10.2 Å². The van der Waals surface area contributed by atoms with Gasteiger partial charge in [-0.25, -0.2) is 0 Å². The highest BCUT2D eigenvalue weighted by atomic mass is 32.2. The van der Waals surface area contributed by atoms with Crippen LogP contribution >= 0.6 is 11.8 Å². The number of carbonyl (C=O) groups is 1. The summed E-state index contributed by atoms with van der Waals surface area (Å²) < 4.78 is 7.36. The van der Waals surface area contributed by atoms with E-state index in [1.165, 1.54) is 11.8 Å². The Hall–Kier alpha value is -2.13. The molecule has 1 amide bonds. The molecule has 1 aliphatic heterocycles. The molecule has 1 fully saturated rings. The van der Waals surface area contributed by atoms with Gasteiger partial charge in [0.05, 0.1) is 18.5 Å². The van der Waals surface area contributed by atoms with E-state index >= 15 is 0 Å². The molecule has 0 aromatic carbocycles. The van der Waals surface area contributed by atoms with E-state index in [0.717, 1.165) is 29.8 Å². The Bertz CT molecular complexity index is 746. The Morgan fingerprint density at radius 1 is 1.33 bits per heavy atom. The van der Waals surface area contributed by atoms with Crippen molar-refractivity contribution >= 4 is 23.6 Å². The van der Waals surface area contributed by atoms with Gasteiger partial charge in [-0.05, 0) is 17.5 Å². The van der Waals surface area contributed by atoms with Gasteiger partial charge >= 0.3 is 0 Å². The van der Waals surface area contributed by atoms with Crippen LogP contribution in [0.4, 0.5) is 5.95 Å². The van der Waals surface area contributed by atoms with Crippen molar-refractivity contribution in [3.63, 3.8) is 0 Å². The zero-order valence-electron chi connectivity index (χ0n) is 16.0. The number of aromatic nitrogens is 4. The first-order valence-electron chi connectivity index (χ1n) is 9.11. The Kier molecular flexibility index (Phi) is 6.68. The average molecular weight is 391 g/mol. The molecule has 0 spiro atoms. The number of ether oxygens (including phenoxy) is 1. The van der Waals surface area contributed by atoms with Crippen molar-refractivity contribution in [2.45, 2.75) is 30.8 Å². The fourth-order valence-corrected chi connectivity index (χ4v) is 3.86. The number of amides is 1. The number of rotatable bonds is 7. The van der Waals surface area contributed by atoms with Gasteiger partial charge in [-0.2, -0.15) is 0 Å². The molecule has 3 heterocycles. The minimum atomic E-state index is -0.248. The largest absolute Gasteiger partial charge is 0.378 e. The van der Waals surface area contributed by atoms with Crippen molar-refractivity contribution in [2.75, 3.05) is 31.2 Å². The molecule has 1 aliphatic rings. The Balaban J connectivity index is 1.65. The quantitative estimate of drug-likeness (QED) is 0.717. The molecule has 0 saturated carbocycles. The number of hydrogen-bond acceptors (Lipinski definition) is 7. The highest BCUT2D eigenvalue weighted by molar-refractivity contribution is 8.00. The van der Waals surface area contributed by atoms with E-state index in [4.69, 9.17) is 4.74 Å². The van der Waals surface area contributed by atoms with Crippen LogP contribution in [-0.2, 0) is 23.1 Å². The predicted octanol–water partition coefficient (Wildman–Crippen LogP) is 1.48. The van der Waals surface area contributed by atoms with E-state index in [2.05, 4.69) is 25.4 Å². The number of nitrogens with zero attached hydrogens (tertiary/aromatic N) is 5. The van der Waals surface area contributed by atoms with Crippen molar-refractivity contribution in [2.24, 2.45) is 13.0 Å². The van der Waals surface area contributed by atoms with Gasteiger partial charge in [0.2, 0.25) is 11.9 Å². The van der Waals surface area contributed by atoms with Crippen LogP contribution in [0.2, 0.25) is 0 Å². The molecule has 146 valence electrons. The van der Waals surface area contributed by atoms with E-state index in [1.807, 2.05) is 37.6 Å². The third kappa shape index (κ3) is 4.98.